The predicted molar refractivity (Wildman–Crippen MR) is 59.8 cm³/mol. The zero-order valence-corrected chi connectivity index (χ0v) is 9.87. The van der Waals surface area contributed by atoms with Crippen molar-refractivity contribution in [2.24, 2.45) is 11.1 Å². The van der Waals surface area contributed by atoms with Crippen LogP contribution in [0.1, 0.15) is 26.2 Å². The summed E-state index contributed by atoms with van der Waals surface area (Å²) in [6.45, 7) is 6.23. The van der Waals surface area contributed by atoms with Crippen molar-refractivity contribution in [1.82, 2.24) is 0 Å². The highest BCUT2D eigenvalue weighted by atomic mass is 32.2. The van der Waals surface area contributed by atoms with Crippen molar-refractivity contribution in [1.29, 1.82) is 0 Å². The van der Waals surface area contributed by atoms with Gasteiger partial charge < -0.3 is 4.74 Å². The summed E-state index contributed by atoms with van der Waals surface area (Å²) in [6.07, 6.45) is 3.90. The quantitative estimate of drug-likeness (QED) is 0.697. The van der Waals surface area contributed by atoms with E-state index < -0.39 is 15.3 Å². The van der Waals surface area contributed by atoms with Gasteiger partial charge in [-0.25, -0.2) is 13.6 Å². The van der Waals surface area contributed by atoms with Crippen molar-refractivity contribution in [3.05, 3.63) is 12.7 Å². The molecule has 1 fully saturated rings. The van der Waals surface area contributed by atoms with Gasteiger partial charge in [0.2, 0.25) is 10.0 Å². The minimum absolute atomic E-state index is 0.00157. The Labute approximate surface area is 91.5 Å². The Bertz CT molecular complexity index is 309. The molecule has 1 heterocycles. The number of sulfonamides is 1. The maximum atomic E-state index is 11.4. The highest BCUT2D eigenvalue weighted by molar-refractivity contribution is 7.89. The lowest BCUT2D eigenvalue weighted by Gasteiger charge is -2.31. The van der Waals surface area contributed by atoms with Crippen molar-refractivity contribution >= 4 is 10.0 Å². The van der Waals surface area contributed by atoms with Crippen LogP contribution in [-0.2, 0) is 14.8 Å². The Morgan fingerprint density at radius 2 is 2.27 bits per heavy atom. The van der Waals surface area contributed by atoms with Crippen molar-refractivity contribution < 1.29 is 13.2 Å². The monoisotopic (exact) mass is 233 g/mol. The van der Waals surface area contributed by atoms with Crippen LogP contribution in [0.5, 0.6) is 0 Å². The molecule has 4 nitrogen and oxygen atoms in total. The Morgan fingerprint density at radius 1 is 1.67 bits per heavy atom. The van der Waals surface area contributed by atoms with E-state index in [9.17, 15) is 8.42 Å². The average molecular weight is 233 g/mol. The molecule has 0 spiro atoms. The fourth-order valence-electron chi connectivity index (χ4n) is 1.83. The minimum Gasteiger partial charge on any atom is -0.378 e. The molecule has 0 bridgehead atoms. The molecule has 15 heavy (non-hydrogen) atoms. The normalized spacial score (nSPS) is 25.3. The molecule has 1 aliphatic heterocycles. The SMILES string of the molecule is C=CC[C@@H](C)[C@H](C[C@H]1CCO1)S(N)(=O)=O. The number of hydrogen-bond donors (Lipinski definition) is 1. The molecule has 88 valence electrons. The Balaban J connectivity index is 2.63. The molecule has 1 aliphatic rings. The lowest BCUT2D eigenvalue weighted by atomic mass is 9.96. The molecular formula is C10H19NO3S. The fraction of sp³-hybridized carbons (Fsp3) is 0.800. The van der Waals surface area contributed by atoms with Crippen molar-refractivity contribution in [3.63, 3.8) is 0 Å². The summed E-state index contributed by atoms with van der Waals surface area (Å²) in [7, 11) is -3.49. The van der Waals surface area contributed by atoms with Crippen molar-refractivity contribution in [2.75, 3.05) is 6.61 Å². The van der Waals surface area contributed by atoms with Crippen LogP contribution in [0.15, 0.2) is 12.7 Å². The van der Waals surface area contributed by atoms with Gasteiger partial charge in [-0.3, -0.25) is 0 Å². The number of ether oxygens (including phenoxy) is 1. The van der Waals surface area contributed by atoms with Crippen LogP contribution in [0.4, 0.5) is 0 Å². The van der Waals surface area contributed by atoms with E-state index >= 15 is 0 Å². The van der Waals surface area contributed by atoms with E-state index in [1.165, 1.54) is 0 Å². The highest BCUT2D eigenvalue weighted by Crippen LogP contribution is 2.25. The summed E-state index contributed by atoms with van der Waals surface area (Å²) in [5.74, 6) is 0.00157. The number of nitrogens with two attached hydrogens (primary N) is 1. The predicted octanol–water partition coefficient (Wildman–Crippen LogP) is 1.03. The summed E-state index contributed by atoms with van der Waals surface area (Å²) >= 11 is 0. The van der Waals surface area contributed by atoms with Gasteiger partial charge in [-0.15, -0.1) is 6.58 Å². The minimum atomic E-state index is -3.49. The molecule has 0 aromatic rings. The van der Waals surface area contributed by atoms with Gasteiger partial charge in [-0.1, -0.05) is 13.0 Å². The van der Waals surface area contributed by atoms with Crippen molar-refractivity contribution in [3.8, 4) is 0 Å². The van der Waals surface area contributed by atoms with Crippen LogP contribution in [0.25, 0.3) is 0 Å². The van der Waals surface area contributed by atoms with Gasteiger partial charge in [0.15, 0.2) is 0 Å². The van der Waals surface area contributed by atoms with Crippen LogP contribution < -0.4 is 5.14 Å². The molecule has 0 amide bonds. The Kier molecular flexibility index (Phi) is 4.31. The first-order valence-corrected chi connectivity index (χ1v) is 6.80. The van der Waals surface area contributed by atoms with Gasteiger partial charge >= 0.3 is 0 Å². The maximum Gasteiger partial charge on any atom is 0.212 e. The second-order valence-corrected chi connectivity index (χ2v) is 5.93. The first kappa shape index (κ1) is 12.7. The standard InChI is InChI=1S/C10H19NO3S/c1-3-4-8(2)10(15(11,12)13)7-9-5-6-14-9/h3,8-10H,1,4-7H2,2H3,(H2,11,12,13)/t8-,9-,10+/m1/s1. The van der Waals surface area contributed by atoms with E-state index in [0.29, 0.717) is 12.8 Å². The lowest BCUT2D eigenvalue weighted by Crippen LogP contribution is -2.40. The number of rotatable bonds is 6. The molecule has 0 aliphatic carbocycles. The highest BCUT2D eigenvalue weighted by Gasteiger charge is 2.32. The van der Waals surface area contributed by atoms with Crippen LogP contribution in [0.3, 0.4) is 0 Å². The first-order chi connectivity index (χ1) is 6.95. The van der Waals surface area contributed by atoms with E-state index in [0.717, 1.165) is 13.0 Å². The largest absolute Gasteiger partial charge is 0.378 e. The smallest absolute Gasteiger partial charge is 0.212 e. The molecule has 2 N–H and O–H groups in total. The third-order valence-corrected chi connectivity index (χ3v) is 4.38. The number of primary sulfonamides is 1. The van der Waals surface area contributed by atoms with E-state index in [-0.39, 0.29) is 12.0 Å². The van der Waals surface area contributed by atoms with Crippen molar-refractivity contribution in [2.45, 2.75) is 37.5 Å². The first-order valence-electron chi connectivity index (χ1n) is 5.19. The van der Waals surface area contributed by atoms with E-state index in [4.69, 9.17) is 9.88 Å². The number of allylic oxidation sites excluding steroid dienone is 1. The van der Waals surface area contributed by atoms with E-state index in [1.807, 2.05) is 6.92 Å². The third kappa shape index (κ3) is 3.59. The Hall–Kier alpha value is -0.390. The van der Waals surface area contributed by atoms with Gasteiger partial charge in [0, 0.05) is 6.61 Å². The fourth-order valence-corrected chi connectivity index (χ4v) is 3.08. The molecule has 0 aromatic carbocycles. The molecule has 3 atom stereocenters. The van der Waals surface area contributed by atoms with Crippen LogP contribution >= 0.6 is 0 Å². The molecule has 1 saturated heterocycles. The maximum absolute atomic E-state index is 11.4. The summed E-state index contributed by atoms with van der Waals surface area (Å²) < 4.78 is 28.1. The molecule has 0 aromatic heterocycles. The molecule has 0 radical (unpaired) electrons. The number of hydrogen-bond acceptors (Lipinski definition) is 3. The van der Waals surface area contributed by atoms with Crippen LogP contribution in [0.2, 0.25) is 0 Å². The summed E-state index contributed by atoms with van der Waals surface area (Å²) in [5, 5.41) is 4.71. The van der Waals surface area contributed by atoms with Gasteiger partial charge in [0.1, 0.15) is 0 Å². The van der Waals surface area contributed by atoms with Crippen LogP contribution in [-0.4, -0.2) is 26.4 Å². The topological polar surface area (TPSA) is 69.4 Å². The molecule has 5 heteroatoms. The van der Waals surface area contributed by atoms with Gasteiger partial charge in [-0.05, 0) is 25.2 Å². The zero-order valence-electron chi connectivity index (χ0n) is 9.06. The molecular weight excluding hydrogens is 214 g/mol. The van der Waals surface area contributed by atoms with Gasteiger partial charge in [-0.2, -0.15) is 0 Å². The molecule has 1 rings (SSSR count). The summed E-state index contributed by atoms with van der Waals surface area (Å²) in [5.41, 5.74) is 0. The average Bonchev–Trinajstić information content (AvgIpc) is 1.99. The van der Waals surface area contributed by atoms with Gasteiger partial charge in [0.05, 0.1) is 11.4 Å². The molecule has 0 saturated carbocycles. The second-order valence-electron chi connectivity index (χ2n) is 4.15. The molecule has 0 unspecified atom stereocenters. The summed E-state index contributed by atoms with van der Waals surface area (Å²) in [6, 6.07) is 0. The lowest BCUT2D eigenvalue weighted by molar-refractivity contribution is -0.0563. The van der Waals surface area contributed by atoms with E-state index in [2.05, 4.69) is 6.58 Å². The third-order valence-electron chi connectivity index (χ3n) is 2.88. The Morgan fingerprint density at radius 3 is 2.60 bits per heavy atom. The van der Waals surface area contributed by atoms with E-state index in [1.54, 1.807) is 6.08 Å². The zero-order chi connectivity index (χ0) is 11.5. The van der Waals surface area contributed by atoms with Gasteiger partial charge in [0.25, 0.3) is 0 Å². The van der Waals surface area contributed by atoms with Crippen LogP contribution in [0, 0.1) is 5.92 Å². The second kappa shape index (κ2) is 5.09. The summed E-state index contributed by atoms with van der Waals surface area (Å²) in [4.78, 5) is 0.